The molecule has 1 N–H and O–H groups in total. The lowest BCUT2D eigenvalue weighted by Gasteiger charge is -2.16. The van der Waals surface area contributed by atoms with E-state index < -0.39 is 0 Å². The maximum atomic E-state index is 6.02. The summed E-state index contributed by atoms with van der Waals surface area (Å²) in [5.41, 5.74) is 3.22. The summed E-state index contributed by atoms with van der Waals surface area (Å²) in [4.78, 5) is 0. The molecule has 0 aliphatic carbocycles. The fourth-order valence-corrected chi connectivity index (χ4v) is 2.61. The quantitative estimate of drug-likeness (QED) is 0.935. The van der Waals surface area contributed by atoms with Crippen molar-refractivity contribution in [2.45, 2.75) is 11.8 Å². The maximum Gasteiger partial charge on any atom is 0.210 e. The van der Waals surface area contributed by atoms with E-state index in [2.05, 4.69) is 15.6 Å². The Hall–Kier alpha value is -1.40. The Balaban J connectivity index is 1.74. The maximum absolute atomic E-state index is 6.02. The second-order valence-corrected chi connectivity index (χ2v) is 5.18. The van der Waals surface area contributed by atoms with Crippen molar-refractivity contribution in [3.63, 3.8) is 0 Å². The van der Waals surface area contributed by atoms with Gasteiger partial charge in [-0.1, -0.05) is 35.5 Å². The van der Waals surface area contributed by atoms with Crippen molar-refractivity contribution in [2.24, 2.45) is 0 Å². The van der Waals surface area contributed by atoms with E-state index in [1.54, 1.807) is 17.8 Å². The van der Waals surface area contributed by atoms with Crippen molar-refractivity contribution < 1.29 is 4.74 Å². The van der Waals surface area contributed by atoms with Gasteiger partial charge in [-0.05, 0) is 12.1 Å². The standard InChI is InChI=1S/C11H11ClN4OS/c12-8-3-1-2-4-9(8)17-7-10-14-15-11-16(10)13-5-6-18-11/h1-4,13H,5-7H2. The van der Waals surface area contributed by atoms with Crippen LogP contribution in [0.3, 0.4) is 0 Å². The van der Waals surface area contributed by atoms with E-state index in [9.17, 15) is 0 Å². The molecule has 1 aromatic carbocycles. The van der Waals surface area contributed by atoms with Crippen LogP contribution >= 0.6 is 23.4 Å². The highest BCUT2D eigenvalue weighted by atomic mass is 35.5. The van der Waals surface area contributed by atoms with E-state index in [1.165, 1.54) is 0 Å². The molecular weight excluding hydrogens is 272 g/mol. The van der Waals surface area contributed by atoms with Gasteiger partial charge in [-0.3, -0.25) is 0 Å². The SMILES string of the molecule is Clc1ccccc1OCc1nnc2n1NCCS2. The summed E-state index contributed by atoms with van der Waals surface area (Å²) in [6, 6.07) is 7.38. The van der Waals surface area contributed by atoms with Crippen LogP contribution in [-0.2, 0) is 6.61 Å². The van der Waals surface area contributed by atoms with Crippen molar-refractivity contribution in [3.05, 3.63) is 35.1 Å². The van der Waals surface area contributed by atoms with Crippen LogP contribution in [0.15, 0.2) is 29.4 Å². The Morgan fingerprint density at radius 3 is 3.17 bits per heavy atom. The number of rotatable bonds is 3. The Labute approximate surface area is 113 Å². The molecule has 3 rings (SSSR count). The largest absolute Gasteiger partial charge is 0.484 e. The first-order valence-electron chi connectivity index (χ1n) is 5.53. The van der Waals surface area contributed by atoms with E-state index in [-0.39, 0.29) is 0 Å². The number of ether oxygens (including phenoxy) is 1. The van der Waals surface area contributed by atoms with Gasteiger partial charge in [0.2, 0.25) is 5.16 Å². The van der Waals surface area contributed by atoms with Gasteiger partial charge in [-0.2, -0.15) is 0 Å². The van der Waals surface area contributed by atoms with Gasteiger partial charge >= 0.3 is 0 Å². The molecule has 0 unspecified atom stereocenters. The molecule has 5 nitrogen and oxygen atoms in total. The zero-order valence-electron chi connectivity index (χ0n) is 9.47. The minimum Gasteiger partial charge on any atom is -0.484 e. The van der Waals surface area contributed by atoms with Crippen molar-refractivity contribution in [3.8, 4) is 5.75 Å². The van der Waals surface area contributed by atoms with Crippen molar-refractivity contribution in [1.82, 2.24) is 14.9 Å². The average molecular weight is 283 g/mol. The van der Waals surface area contributed by atoms with Gasteiger partial charge in [0.05, 0.1) is 5.02 Å². The third-order valence-corrected chi connectivity index (χ3v) is 3.74. The molecule has 1 aliphatic rings. The summed E-state index contributed by atoms with van der Waals surface area (Å²) in [5.74, 6) is 2.40. The summed E-state index contributed by atoms with van der Waals surface area (Å²) in [6.07, 6.45) is 0. The summed E-state index contributed by atoms with van der Waals surface area (Å²) < 4.78 is 7.51. The first-order chi connectivity index (χ1) is 8.84. The molecule has 1 aliphatic heterocycles. The molecule has 0 fully saturated rings. The molecule has 2 aromatic rings. The van der Waals surface area contributed by atoms with E-state index in [1.807, 2.05) is 22.9 Å². The number of aromatic nitrogens is 3. The Bertz CT molecular complexity index is 560. The monoisotopic (exact) mass is 282 g/mol. The van der Waals surface area contributed by atoms with Gasteiger partial charge < -0.3 is 10.2 Å². The van der Waals surface area contributed by atoms with Crippen LogP contribution in [0, 0.1) is 0 Å². The number of thioether (sulfide) groups is 1. The van der Waals surface area contributed by atoms with E-state index >= 15 is 0 Å². The molecule has 2 heterocycles. The molecule has 0 atom stereocenters. The van der Waals surface area contributed by atoms with Crippen molar-refractivity contribution in [1.29, 1.82) is 0 Å². The molecule has 7 heteroatoms. The first kappa shape index (κ1) is 11.7. The lowest BCUT2D eigenvalue weighted by molar-refractivity contribution is 0.291. The minimum absolute atomic E-state index is 0.338. The smallest absolute Gasteiger partial charge is 0.210 e. The molecule has 1 aromatic heterocycles. The molecule has 0 radical (unpaired) electrons. The van der Waals surface area contributed by atoms with Crippen LogP contribution in [0.4, 0.5) is 0 Å². The van der Waals surface area contributed by atoms with Crippen LogP contribution in [0.25, 0.3) is 0 Å². The summed E-state index contributed by atoms with van der Waals surface area (Å²) in [5, 5.41) is 9.67. The van der Waals surface area contributed by atoms with Crippen molar-refractivity contribution in [2.75, 3.05) is 17.7 Å². The number of fused-ring (bicyclic) bond motifs is 1. The number of hydrogen-bond donors (Lipinski definition) is 1. The molecule has 18 heavy (non-hydrogen) atoms. The van der Waals surface area contributed by atoms with Crippen molar-refractivity contribution >= 4 is 23.4 Å². The van der Waals surface area contributed by atoms with E-state index in [4.69, 9.17) is 16.3 Å². The highest BCUT2D eigenvalue weighted by Crippen LogP contribution is 2.24. The normalized spacial score (nSPS) is 13.8. The highest BCUT2D eigenvalue weighted by molar-refractivity contribution is 7.99. The lowest BCUT2D eigenvalue weighted by atomic mass is 10.3. The van der Waals surface area contributed by atoms with Gasteiger partial charge in [-0.15, -0.1) is 10.2 Å². The first-order valence-corrected chi connectivity index (χ1v) is 6.89. The molecular formula is C11H11ClN4OS. The molecule has 94 valence electrons. The van der Waals surface area contributed by atoms with Gasteiger partial charge in [-0.25, -0.2) is 4.68 Å². The van der Waals surface area contributed by atoms with Crippen LogP contribution in [0.2, 0.25) is 5.02 Å². The highest BCUT2D eigenvalue weighted by Gasteiger charge is 2.16. The fraction of sp³-hybridized carbons (Fsp3) is 0.273. The van der Waals surface area contributed by atoms with Gasteiger partial charge in [0.15, 0.2) is 5.82 Å². The molecule has 0 amide bonds. The minimum atomic E-state index is 0.338. The summed E-state index contributed by atoms with van der Waals surface area (Å²) in [6.45, 7) is 1.24. The predicted molar refractivity (Wildman–Crippen MR) is 70.8 cm³/mol. The van der Waals surface area contributed by atoms with Gasteiger partial charge in [0, 0.05) is 12.3 Å². The second-order valence-electron chi connectivity index (χ2n) is 3.71. The van der Waals surface area contributed by atoms with Crippen LogP contribution in [0.1, 0.15) is 5.82 Å². The van der Waals surface area contributed by atoms with Crippen LogP contribution in [-0.4, -0.2) is 27.2 Å². The molecule has 0 saturated heterocycles. The van der Waals surface area contributed by atoms with Crippen LogP contribution < -0.4 is 10.2 Å². The summed E-state index contributed by atoms with van der Waals surface area (Å²) >= 11 is 7.70. The number of halogens is 1. The van der Waals surface area contributed by atoms with Crippen LogP contribution in [0.5, 0.6) is 5.75 Å². The third kappa shape index (κ3) is 2.26. The van der Waals surface area contributed by atoms with Gasteiger partial charge in [0.25, 0.3) is 0 Å². The zero-order valence-corrected chi connectivity index (χ0v) is 11.0. The van der Waals surface area contributed by atoms with E-state index in [0.717, 1.165) is 23.3 Å². The predicted octanol–water partition coefficient (Wildman–Crippen LogP) is 2.16. The molecule has 0 saturated carbocycles. The Morgan fingerprint density at radius 1 is 1.39 bits per heavy atom. The average Bonchev–Trinajstić information content (AvgIpc) is 2.81. The number of hydrogen-bond acceptors (Lipinski definition) is 5. The third-order valence-electron chi connectivity index (χ3n) is 2.50. The molecule has 0 bridgehead atoms. The molecule has 0 spiro atoms. The Morgan fingerprint density at radius 2 is 2.28 bits per heavy atom. The fourth-order valence-electron chi connectivity index (χ4n) is 1.65. The topological polar surface area (TPSA) is 52.0 Å². The second kappa shape index (κ2) is 5.07. The number of para-hydroxylation sites is 1. The summed E-state index contributed by atoms with van der Waals surface area (Å²) in [7, 11) is 0. The zero-order chi connectivity index (χ0) is 12.4. The van der Waals surface area contributed by atoms with E-state index in [0.29, 0.717) is 17.4 Å². The lowest BCUT2D eigenvalue weighted by Crippen LogP contribution is -2.25. The number of nitrogens with one attached hydrogen (secondary N) is 1. The number of nitrogens with zero attached hydrogens (tertiary/aromatic N) is 3. The van der Waals surface area contributed by atoms with Gasteiger partial charge in [0.1, 0.15) is 12.4 Å². The Kier molecular flexibility index (Phi) is 3.29. The number of benzene rings is 1.